The van der Waals surface area contributed by atoms with E-state index in [1.54, 1.807) is 38.1 Å². The number of sulfonamides is 1. The molecule has 0 unspecified atom stereocenters. The summed E-state index contributed by atoms with van der Waals surface area (Å²) in [5, 5.41) is 0. The molecule has 1 aliphatic rings. The van der Waals surface area contributed by atoms with Crippen molar-refractivity contribution in [3.05, 3.63) is 74.8 Å². The average Bonchev–Trinajstić information content (AvgIpc) is 2.50. The van der Waals surface area contributed by atoms with Crippen LogP contribution in [0.1, 0.15) is 32.6 Å². The van der Waals surface area contributed by atoms with Crippen LogP contribution < -0.4 is 0 Å². The van der Waals surface area contributed by atoms with Crippen LogP contribution in [0.2, 0.25) is 0 Å². The van der Waals surface area contributed by atoms with Gasteiger partial charge in [-0.05, 0) is 53.9 Å². The molecule has 1 aliphatic carbocycles. The van der Waals surface area contributed by atoms with E-state index in [2.05, 4.69) is 20.3 Å². The van der Waals surface area contributed by atoms with Gasteiger partial charge in [0.05, 0.1) is 15.1 Å². The molecule has 0 radical (unpaired) electrons. The first-order valence-electron chi connectivity index (χ1n) is 7.65. The summed E-state index contributed by atoms with van der Waals surface area (Å²) in [7, 11) is -3.91. The maximum absolute atomic E-state index is 12.9. The fraction of sp³-hybridized carbons (Fsp3) is 0.158. The van der Waals surface area contributed by atoms with Gasteiger partial charge in [0.25, 0.3) is 10.0 Å². The van der Waals surface area contributed by atoms with Gasteiger partial charge in [-0.1, -0.05) is 42.0 Å². The molecular formula is C19H16BrNO3S. The lowest BCUT2D eigenvalue weighted by Gasteiger charge is -2.15. The van der Waals surface area contributed by atoms with Gasteiger partial charge in [0.1, 0.15) is 0 Å². The van der Waals surface area contributed by atoms with Crippen LogP contribution in [-0.4, -0.2) is 19.9 Å². The summed E-state index contributed by atoms with van der Waals surface area (Å²) < 4.78 is 30.2. The van der Waals surface area contributed by atoms with Gasteiger partial charge < -0.3 is 0 Å². The summed E-state index contributed by atoms with van der Waals surface area (Å²) in [4.78, 5) is 12.4. The number of benzene rings is 2. The minimum atomic E-state index is -3.91. The molecule has 0 atom stereocenters. The standard InChI is InChI=1S/C19H16BrNO3S/c1-11-8-12(2)19(13(3)9-11)25(23,24)21-17-10-16(20)18(22)15-7-5-4-6-14(15)17/h4-10H,1-3H3/b21-17-. The van der Waals surface area contributed by atoms with Gasteiger partial charge in [-0.3, -0.25) is 4.79 Å². The number of Topliss-reactive ketones (excluding diaryl/α,β-unsaturated/α-hetero) is 1. The molecule has 6 heteroatoms. The van der Waals surface area contributed by atoms with Crippen LogP contribution in [-0.2, 0) is 10.0 Å². The summed E-state index contributed by atoms with van der Waals surface area (Å²) in [5.41, 5.74) is 3.51. The number of ketones is 1. The van der Waals surface area contributed by atoms with Crippen LogP contribution in [0.3, 0.4) is 0 Å². The molecular weight excluding hydrogens is 402 g/mol. The summed E-state index contributed by atoms with van der Waals surface area (Å²) >= 11 is 3.20. The van der Waals surface area contributed by atoms with Crippen LogP contribution in [0.25, 0.3) is 0 Å². The molecule has 0 aliphatic heterocycles. The molecule has 2 aromatic rings. The van der Waals surface area contributed by atoms with E-state index in [9.17, 15) is 13.2 Å². The molecule has 128 valence electrons. The molecule has 25 heavy (non-hydrogen) atoms. The molecule has 0 N–H and O–H groups in total. The molecule has 0 heterocycles. The maximum atomic E-state index is 12.9. The molecule has 3 rings (SSSR count). The van der Waals surface area contributed by atoms with Gasteiger partial charge in [0.15, 0.2) is 0 Å². The zero-order valence-corrected chi connectivity index (χ0v) is 16.4. The molecule has 0 saturated heterocycles. The molecule has 0 saturated carbocycles. The van der Waals surface area contributed by atoms with Crippen molar-refractivity contribution < 1.29 is 13.2 Å². The van der Waals surface area contributed by atoms with Crippen LogP contribution in [0.15, 0.2) is 56.2 Å². The Morgan fingerprint density at radius 1 is 0.960 bits per heavy atom. The van der Waals surface area contributed by atoms with Crippen molar-refractivity contribution in [2.75, 3.05) is 0 Å². The summed E-state index contributed by atoms with van der Waals surface area (Å²) in [5.74, 6) is -0.186. The number of halogens is 1. The predicted molar refractivity (Wildman–Crippen MR) is 102 cm³/mol. The Bertz CT molecular complexity index is 1040. The lowest BCUT2D eigenvalue weighted by molar-refractivity contribution is 0.104. The van der Waals surface area contributed by atoms with E-state index in [-0.39, 0.29) is 20.9 Å². The van der Waals surface area contributed by atoms with Crippen molar-refractivity contribution in [1.82, 2.24) is 0 Å². The third-order valence-corrected chi connectivity index (χ3v) is 6.20. The number of carbonyl (C=O) groups excluding carboxylic acids is 1. The highest BCUT2D eigenvalue weighted by atomic mass is 79.9. The first-order valence-corrected chi connectivity index (χ1v) is 9.88. The lowest BCUT2D eigenvalue weighted by Crippen LogP contribution is -2.17. The number of aryl methyl sites for hydroxylation is 3. The first-order chi connectivity index (χ1) is 11.7. The quantitative estimate of drug-likeness (QED) is 0.732. The monoisotopic (exact) mass is 417 g/mol. The zero-order valence-electron chi connectivity index (χ0n) is 14.0. The summed E-state index contributed by atoms with van der Waals surface area (Å²) in [6.07, 6.45) is 1.46. The largest absolute Gasteiger partial charge is 0.288 e. The Kier molecular flexibility index (Phi) is 4.51. The van der Waals surface area contributed by atoms with Crippen LogP contribution >= 0.6 is 15.9 Å². The topological polar surface area (TPSA) is 63.6 Å². The molecule has 2 aromatic carbocycles. The second-order valence-electron chi connectivity index (χ2n) is 6.05. The van der Waals surface area contributed by atoms with Crippen LogP contribution in [0.4, 0.5) is 0 Å². The lowest BCUT2D eigenvalue weighted by atomic mass is 9.94. The maximum Gasteiger partial charge on any atom is 0.283 e. The summed E-state index contributed by atoms with van der Waals surface area (Å²) in [6, 6.07) is 10.5. The number of fused-ring (bicyclic) bond motifs is 1. The molecule has 4 nitrogen and oxygen atoms in total. The molecule has 0 spiro atoms. The van der Waals surface area contributed by atoms with E-state index in [4.69, 9.17) is 0 Å². The second kappa shape index (κ2) is 6.35. The second-order valence-corrected chi connectivity index (χ2v) is 8.44. The molecule has 0 amide bonds. The Balaban J connectivity index is 2.23. The Labute approximate surface area is 155 Å². The van der Waals surface area contributed by atoms with Crippen molar-refractivity contribution in [2.45, 2.75) is 25.7 Å². The molecule has 0 bridgehead atoms. The van der Waals surface area contributed by atoms with Crippen LogP contribution in [0.5, 0.6) is 0 Å². The minimum Gasteiger partial charge on any atom is -0.288 e. The fourth-order valence-electron chi connectivity index (χ4n) is 3.12. The van der Waals surface area contributed by atoms with Gasteiger partial charge in [0.2, 0.25) is 5.78 Å². The SMILES string of the molecule is Cc1cc(C)c(S(=O)(=O)/N=C2/C=C(Br)C(=O)c3ccccc32)c(C)c1. The highest BCUT2D eigenvalue weighted by molar-refractivity contribution is 9.12. The average molecular weight is 418 g/mol. The highest BCUT2D eigenvalue weighted by Crippen LogP contribution is 2.28. The third-order valence-electron chi connectivity index (χ3n) is 4.01. The van der Waals surface area contributed by atoms with E-state index in [1.807, 2.05) is 19.1 Å². The molecule has 0 aromatic heterocycles. The van der Waals surface area contributed by atoms with Crippen molar-refractivity contribution >= 4 is 37.4 Å². The number of carbonyl (C=O) groups is 1. The number of nitrogens with zero attached hydrogens (tertiary/aromatic N) is 1. The highest BCUT2D eigenvalue weighted by Gasteiger charge is 2.26. The normalized spacial score (nSPS) is 15.9. The minimum absolute atomic E-state index is 0.186. The molecule has 0 fully saturated rings. The van der Waals surface area contributed by atoms with Gasteiger partial charge in [-0.15, -0.1) is 0 Å². The fourth-order valence-corrected chi connectivity index (χ4v) is 4.98. The zero-order chi connectivity index (χ0) is 18.4. The van der Waals surface area contributed by atoms with Crippen molar-refractivity contribution in [3.63, 3.8) is 0 Å². The predicted octanol–water partition coefficient (Wildman–Crippen LogP) is 4.26. The van der Waals surface area contributed by atoms with Crippen molar-refractivity contribution in [1.29, 1.82) is 0 Å². The van der Waals surface area contributed by atoms with Crippen LogP contribution in [0, 0.1) is 20.8 Å². The number of allylic oxidation sites excluding steroid dienone is 2. The Morgan fingerprint density at radius 2 is 1.52 bits per heavy atom. The number of rotatable bonds is 2. The van der Waals surface area contributed by atoms with Gasteiger partial charge in [0, 0.05) is 11.1 Å². The number of hydrogen-bond donors (Lipinski definition) is 0. The first kappa shape index (κ1) is 17.8. The third kappa shape index (κ3) is 3.24. The van der Waals surface area contributed by atoms with E-state index >= 15 is 0 Å². The van der Waals surface area contributed by atoms with E-state index in [1.165, 1.54) is 6.08 Å². The van der Waals surface area contributed by atoms with E-state index in [0.717, 1.165) is 5.56 Å². The smallest absolute Gasteiger partial charge is 0.283 e. The summed E-state index contributed by atoms with van der Waals surface area (Å²) in [6.45, 7) is 5.44. The van der Waals surface area contributed by atoms with E-state index in [0.29, 0.717) is 22.3 Å². The van der Waals surface area contributed by atoms with Gasteiger partial charge in [-0.2, -0.15) is 12.8 Å². The van der Waals surface area contributed by atoms with Crippen molar-refractivity contribution in [2.24, 2.45) is 4.40 Å². The number of hydrogen-bond acceptors (Lipinski definition) is 3. The van der Waals surface area contributed by atoms with Gasteiger partial charge >= 0.3 is 0 Å². The Morgan fingerprint density at radius 3 is 2.12 bits per heavy atom. The van der Waals surface area contributed by atoms with E-state index < -0.39 is 10.0 Å². The van der Waals surface area contributed by atoms with Gasteiger partial charge in [-0.25, -0.2) is 0 Å². The Hall–Kier alpha value is -2.05. The van der Waals surface area contributed by atoms with Crippen molar-refractivity contribution in [3.8, 4) is 0 Å².